The molecule has 3 nitrogen and oxygen atoms in total. The van der Waals surface area contributed by atoms with Crippen molar-refractivity contribution in [3.8, 4) is 0 Å². The van der Waals surface area contributed by atoms with Gasteiger partial charge < -0.3 is 4.57 Å². The summed E-state index contributed by atoms with van der Waals surface area (Å²) in [6.07, 6.45) is 3.87. The van der Waals surface area contributed by atoms with Crippen LogP contribution in [0.3, 0.4) is 0 Å². The molecule has 0 aliphatic carbocycles. The first-order valence-corrected chi connectivity index (χ1v) is 8.17. The number of benzene rings is 1. The highest BCUT2D eigenvalue weighted by Gasteiger charge is 2.19. The van der Waals surface area contributed by atoms with Crippen LogP contribution in [-0.4, -0.2) is 33.6 Å². The van der Waals surface area contributed by atoms with Crippen LogP contribution in [0.4, 0.5) is 4.39 Å². The molecule has 2 aromatic rings. The molecule has 5 heteroatoms. The van der Waals surface area contributed by atoms with Crippen molar-refractivity contribution in [1.29, 1.82) is 0 Å². The van der Waals surface area contributed by atoms with Crippen LogP contribution >= 0.6 is 11.6 Å². The molecule has 1 unspecified atom stereocenters. The predicted molar refractivity (Wildman–Crippen MR) is 84.1 cm³/mol. The van der Waals surface area contributed by atoms with Gasteiger partial charge in [-0.05, 0) is 51.1 Å². The molecule has 0 N–H and O–H groups in total. The minimum atomic E-state index is -0.226. The van der Waals surface area contributed by atoms with Crippen molar-refractivity contribution in [2.24, 2.45) is 0 Å². The lowest BCUT2D eigenvalue weighted by atomic mass is 10.1. The molecule has 0 spiro atoms. The van der Waals surface area contributed by atoms with E-state index >= 15 is 0 Å². The zero-order valence-electron chi connectivity index (χ0n) is 12.4. The second-order valence-electron chi connectivity index (χ2n) is 5.85. The number of hydrogen-bond donors (Lipinski definition) is 0. The summed E-state index contributed by atoms with van der Waals surface area (Å²) in [6.45, 7) is 5.34. The van der Waals surface area contributed by atoms with Gasteiger partial charge in [0.05, 0.1) is 16.9 Å². The number of nitrogens with zero attached hydrogens (tertiary/aromatic N) is 3. The SMILES string of the molecule is CC(Cn1c(CCl)nc2ccc(F)cc21)N1CCCCC1. The third-order valence-corrected chi connectivity index (χ3v) is 4.61. The highest BCUT2D eigenvalue weighted by atomic mass is 35.5. The Morgan fingerprint density at radius 1 is 1.29 bits per heavy atom. The fourth-order valence-electron chi connectivity index (χ4n) is 3.19. The van der Waals surface area contributed by atoms with Crippen LogP contribution in [0.15, 0.2) is 18.2 Å². The third-order valence-electron chi connectivity index (χ3n) is 4.37. The van der Waals surface area contributed by atoms with Gasteiger partial charge in [0.15, 0.2) is 0 Å². The summed E-state index contributed by atoms with van der Waals surface area (Å²) in [5, 5.41) is 0. The zero-order chi connectivity index (χ0) is 14.8. The maximum Gasteiger partial charge on any atom is 0.125 e. The third kappa shape index (κ3) is 3.06. The number of likely N-dealkylation sites (tertiary alicyclic amines) is 1. The van der Waals surface area contributed by atoms with E-state index in [-0.39, 0.29) is 5.82 Å². The molecule has 0 amide bonds. The molecule has 2 heterocycles. The fraction of sp³-hybridized carbons (Fsp3) is 0.562. The van der Waals surface area contributed by atoms with Crippen LogP contribution in [-0.2, 0) is 12.4 Å². The van der Waals surface area contributed by atoms with Crippen LogP contribution in [0.25, 0.3) is 11.0 Å². The normalized spacial score (nSPS) is 18.2. The Morgan fingerprint density at radius 2 is 2.05 bits per heavy atom. The first-order chi connectivity index (χ1) is 10.2. The van der Waals surface area contributed by atoms with E-state index in [1.54, 1.807) is 12.1 Å². The molecule has 114 valence electrons. The van der Waals surface area contributed by atoms with Crippen LogP contribution in [0.2, 0.25) is 0 Å². The summed E-state index contributed by atoms with van der Waals surface area (Å²) in [5.74, 6) is 0.944. The van der Waals surface area contributed by atoms with E-state index in [2.05, 4.69) is 21.4 Å². The highest BCUT2D eigenvalue weighted by molar-refractivity contribution is 6.16. The van der Waals surface area contributed by atoms with Gasteiger partial charge in [-0.15, -0.1) is 11.6 Å². The van der Waals surface area contributed by atoms with E-state index in [0.29, 0.717) is 11.9 Å². The van der Waals surface area contributed by atoms with E-state index in [0.717, 1.165) is 36.5 Å². The Bertz CT molecular complexity index is 619. The summed E-state index contributed by atoms with van der Waals surface area (Å²) in [4.78, 5) is 7.02. The van der Waals surface area contributed by atoms with E-state index in [4.69, 9.17) is 11.6 Å². The van der Waals surface area contributed by atoms with Gasteiger partial charge in [0.2, 0.25) is 0 Å². The lowest BCUT2D eigenvalue weighted by Gasteiger charge is -2.32. The van der Waals surface area contributed by atoms with Gasteiger partial charge in [0.1, 0.15) is 11.6 Å². The zero-order valence-corrected chi connectivity index (χ0v) is 13.1. The maximum atomic E-state index is 13.5. The lowest BCUT2D eigenvalue weighted by molar-refractivity contribution is 0.160. The highest BCUT2D eigenvalue weighted by Crippen LogP contribution is 2.21. The number of alkyl halides is 1. The van der Waals surface area contributed by atoms with E-state index in [1.165, 1.54) is 25.3 Å². The molecule has 1 aromatic heterocycles. The van der Waals surface area contributed by atoms with Crippen molar-refractivity contribution in [2.45, 2.75) is 44.7 Å². The Hall–Kier alpha value is -1.13. The number of halogens is 2. The number of rotatable bonds is 4. The standard InChI is InChI=1S/C16H21ClFN3/c1-12(20-7-3-2-4-8-20)11-21-15-9-13(18)5-6-14(15)19-16(21)10-17/h5-6,9,12H,2-4,7-8,10-11H2,1H3. The number of piperidine rings is 1. The Balaban J connectivity index is 1.89. The van der Waals surface area contributed by atoms with Crippen molar-refractivity contribution in [3.63, 3.8) is 0 Å². The molecular weight excluding hydrogens is 289 g/mol. The molecule has 0 radical (unpaired) electrons. The molecule has 1 aliphatic heterocycles. The van der Waals surface area contributed by atoms with Crippen LogP contribution in [0.5, 0.6) is 0 Å². The average Bonchev–Trinajstić information content (AvgIpc) is 2.85. The quantitative estimate of drug-likeness (QED) is 0.801. The molecule has 21 heavy (non-hydrogen) atoms. The molecule has 1 fully saturated rings. The maximum absolute atomic E-state index is 13.5. The van der Waals surface area contributed by atoms with Crippen LogP contribution in [0, 0.1) is 5.82 Å². The van der Waals surface area contributed by atoms with Crippen molar-refractivity contribution >= 4 is 22.6 Å². The van der Waals surface area contributed by atoms with Crippen molar-refractivity contribution in [1.82, 2.24) is 14.5 Å². The van der Waals surface area contributed by atoms with Gasteiger partial charge in [-0.1, -0.05) is 6.42 Å². The fourth-order valence-corrected chi connectivity index (χ4v) is 3.39. The lowest BCUT2D eigenvalue weighted by Crippen LogP contribution is -2.40. The van der Waals surface area contributed by atoms with Gasteiger partial charge in [0, 0.05) is 12.6 Å². The number of fused-ring (bicyclic) bond motifs is 1. The van der Waals surface area contributed by atoms with Crippen LogP contribution in [0.1, 0.15) is 32.0 Å². The van der Waals surface area contributed by atoms with Crippen molar-refractivity contribution < 1.29 is 4.39 Å². The molecule has 1 aliphatic rings. The van der Waals surface area contributed by atoms with Crippen molar-refractivity contribution in [2.75, 3.05) is 13.1 Å². The molecule has 1 atom stereocenters. The van der Waals surface area contributed by atoms with Gasteiger partial charge >= 0.3 is 0 Å². The smallest absolute Gasteiger partial charge is 0.125 e. The Labute approximate surface area is 129 Å². The predicted octanol–water partition coefficient (Wildman–Crippen LogP) is 3.79. The molecule has 0 saturated carbocycles. The van der Waals surface area contributed by atoms with Gasteiger partial charge in [-0.2, -0.15) is 0 Å². The van der Waals surface area contributed by atoms with E-state index in [1.807, 2.05) is 0 Å². The van der Waals surface area contributed by atoms with Gasteiger partial charge in [0.25, 0.3) is 0 Å². The van der Waals surface area contributed by atoms with E-state index in [9.17, 15) is 4.39 Å². The molecule has 1 saturated heterocycles. The van der Waals surface area contributed by atoms with Gasteiger partial charge in [-0.3, -0.25) is 4.90 Å². The second-order valence-corrected chi connectivity index (χ2v) is 6.12. The van der Waals surface area contributed by atoms with Gasteiger partial charge in [-0.25, -0.2) is 9.37 Å². The molecular formula is C16H21ClFN3. The largest absolute Gasteiger partial charge is 0.325 e. The molecule has 3 rings (SSSR count). The number of imidazole rings is 1. The van der Waals surface area contributed by atoms with E-state index < -0.39 is 0 Å². The molecule has 1 aromatic carbocycles. The summed E-state index contributed by atoms with van der Waals surface area (Å²) < 4.78 is 15.6. The van der Waals surface area contributed by atoms with Crippen LogP contribution < -0.4 is 0 Å². The molecule has 0 bridgehead atoms. The topological polar surface area (TPSA) is 21.1 Å². The first-order valence-electron chi connectivity index (χ1n) is 7.63. The van der Waals surface area contributed by atoms with Crippen molar-refractivity contribution in [3.05, 3.63) is 29.8 Å². The summed E-state index contributed by atoms with van der Waals surface area (Å²) >= 11 is 6.02. The monoisotopic (exact) mass is 309 g/mol. The summed E-state index contributed by atoms with van der Waals surface area (Å²) in [7, 11) is 0. The average molecular weight is 310 g/mol. The minimum absolute atomic E-state index is 0.226. The Morgan fingerprint density at radius 3 is 2.76 bits per heavy atom. The summed E-state index contributed by atoms with van der Waals surface area (Å²) in [5.41, 5.74) is 1.66. The minimum Gasteiger partial charge on any atom is -0.325 e. The number of hydrogen-bond acceptors (Lipinski definition) is 2. The number of aromatic nitrogens is 2. The summed E-state index contributed by atoms with van der Waals surface area (Å²) in [6, 6.07) is 5.14. The first kappa shape index (κ1) is 14.8. The second kappa shape index (κ2) is 6.32. The Kier molecular flexibility index (Phi) is 4.45.